The summed E-state index contributed by atoms with van der Waals surface area (Å²) in [6, 6.07) is 6.49. The molecule has 0 amide bonds. The van der Waals surface area contributed by atoms with Crippen LogP contribution in [-0.2, 0) is 13.5 Å². The highest BCUT2D eigenvalue weighted by molar-refractivity contribution is 9.10. The summed E-state index contributed by atoms with van der Waals surface area (Å²) in [7, 11) is 3.71. The molecule has 0 aliphatic carbocycles. The van der Waals surface area contributed by atoms with Gasteiger partial charge in [-0.3, -0.25) is 0 Å². The molecule has 0 bridgehead atoms. The summed E-state index contributed by atoms with van der Waals surface area (Å²) < 4.78 is 1.09. The standard InChI is InChI=1S/C12H16BrN5/c1-8-4-5-10(13)9(6-8)11(14-2)7-12-15-17-18(3)16-12/h4-6,11,14H,7H2,1-3H3. The van der Waals surface area contributed by atoms with Crippen LogP contribution >= 0.6 is 15.9 Å². The van der Waals surface area contributed by atoms with Crippen molar-refractivity contribution in [2.45, 2.75) is 19.4 Å². The van der Waals surface area contributed by atoms with Crippen molar-refractivity contribution in [2.75, 3.05) is 7.05 Å². The molecule has 0 fully saturated rings. The highest BCUT2D eigenvalue weighted by atomic mass is 79.9. The van der Waals surface area contributed by atoms with Crippen molar-refractivity contribution in [3.63, 3.8) is 0 Å². The summed E-state index contributed by atoms with van der Waals surface area (Å²) in [6.07, 6.45) is 0.715. The van der Waals surface area contributed by atoms with Crippen molar-refractivity contribution in [3.8, 4) is 0 Å². The first-order chi connectivity index (χ1) is 8.60. The van der Waals surface area contributed by atoms with Crippen molar-refractivity contribution in [1.29, 1.82) is 0 Å². The molecule has 1 aromatic heterocycles. The first-order valence-electron chi connectivity index (χ1n) is 5.76. The second kappa shape index (κ2) is 5.58. The van der Waals surface area contributed by atoms with Gasteiger partial charge in [-0.05, 0) is 30.8 Å². The number of halogens is 1. The van der Waals surface area contributed by atoms with Gasteiger partial charge < -0.3 is 5.32 Å². The number of likely N-dealkylation sites (N-methyl/N-ethyl adjacent to an activating group) is 1. The van der Waals surface area contributed by atoms with E-state index in [0.717, 1.165) is 10.3 Å². The van der Waals surface area contributed by atoms with Gasteiger partial charge in [-0.15, -0.1) is 10.2 Å². The molecule has 0 radical (unpaired) electrons. The molecule has 2 aromatic rings. The fourth-order valence-corrected chi connectivity index (χ4v) is 2.41. The fraction of sp³-hybridized carbons (Fsp3) is 0.417. The lowest BCUT2D eigenvalue weighted by atomic mass is 10.0. The smallest absolute Gasteiger partial charge is 0.176 e. The van der Waals surface area contributed by atoms with Crippen LogP contribution < -0.4 is 5.32 Å². The summed E-state index contributed by atoms with van der Waals surface area (Å²) in [5, 5.41) is 15.4. The summed E-state index contributed by atoms with van der Waals surface area (Å²) in [5.74, 6) is 0.741. The number of hydrogen-bond donors (Lipinski definition) is 1. The van der Waals surface area contributed by atoms with Crippen molar-refractivity contribution >= 4 is 15.9 Å². The van der Waals surface area contributed by atoms with Gasteiger partial charge in [0.25, 0.3) is 0 Å². The Labute approximate surface area is 115 Å². The van der Waals surface area contributed by atoms with E-state index in [1.165, 1.54) is 15.9 Å². The molecule has 1 unspecified atom stereocenters. The quantitative estimate of drug-likeness (QED) is 0.935. The van der Waals surface area contributed by atoms with Gasteiger partial charge in [-0.25, -0.2) is 0 Å². The lowest BCUT2D eigenvalue weighted by molar-refractivity contribution is 0.568. The first kappa shape index (κ1) is 13.2. The maximum Gasteiger partial charge on any atom is 0.176 e. The molecular weight excluding hydrogens is 294 g/mol. The van der Waals surface area contributed by atoms with Crippen molar-refractivity contribution in [3.05, 3.63) is 39.6 Å². The van der Waals surface area contributed by atoms with Gasteiger partial charge in [0.15, 0.2) is 5.82 Å². The predicted octanol–water partition coefficient (Wildman–Crippen LogP) is 1.78. The zero-order valence-electron chi connectivity index (χ0n) is 10.7. The van der Waals surface area contributed by atoms with Crippen LogP contribution in [0.1, 0.15) is 23.0 Å². The Morgan fingerprint density at radius 2 is 2.22 bits per heavy atom. The normalized spacial score (nSPS) is 12.7. The molecule has 96 valence electrons. The average molecular weight is 310 g/mol. The van der Waals surface area contributed by atoms with Crippen LogP contribution in [0.3, 0.4) is 0 Å². The van der Waals surface area contributed by atoms with Crippen LogP contribution in [0.5, 0.6) is 0 Å². The molecule has 5 nitrogen and oxygen atoms in total. The zero-order valence-corrected chi connectivity index (χ0v) is 12.3. The molecular formula is C12H16BrN5. The van der Waals surface area contributed by atoms with Crippen LogP contribution in [0.4, 0.5) is 0 Å². The number of nitrogens with zero attached hydrogens (tertiary/aromatic N) is 4. The second-order valence-corrected chi connectivity index (χ2v) is 5.12. The minimum atomic E-state index is 0.170. The van der Waals surface area contributed by atoms with Gasteiger partial charge in [-0.2, -0.15) is 4.80 Å². The van der Waals surface area contributed by atoms with Gasteiger partial charge in [0, 0.05) is 16.9 Å². The number of aryl methyl sites for hydroxylation is 2. The summed E-state index contributed by atoms with van der Waals surface area (Å²) in [5.41, 5.74) is 2.45. The number of aromatic nitrogens is 4. The maximum absolute atomic E-state index is 4.22. The molecule has 1 aromatic carbocycles. The topological polar surface area (TPSA) is 55.6 Å². The second-order valence-electron chi connectivity index (χ2n) is 4.27. The van der Waals surface area contributed by atoms with Crippen molar-refractivity contribution < 1.29 is 0 Å². The van der Waals surface area contributed by atoms with E-state index >= 15 is 0 Å². The average Bonchev–Trinajstić information content (AvgIpc) is 2.75. The fourth-order valence-electron chi connectivity index (χ4n) is 1.89. The summed E-state index contributed by atoms with van der Waals surface area (Å²) in [4.78, 5) is 1.48. The predicted molar refractivity (Wildman–Crippen MR) is 73.2 cm³/mol. The van der Waals surface area contributed by atoms with Gasteiger partial charge in [0.05, 0.1) is 7.05 Å². The third kappa shape index (κ3) is 2.94. The Hall–Kier alpha value is -1.27. The molecule has 6 heteroatoms. The maximum atomic E-state index is 4.22. The number of hydrogen-bond acceptors (Lipinski definition) is 4. The zero-order chi connectivity index (χ0) is 13.1. The Kier molecular flexibility index (Phi) is 4.08. The van der Waals surface area contributed by atoms with Crippen molar-refractivity contribution in [1.82, 2.24) is 25.5 Å². The number of nitrogens with one attached hydrogen (secondary N) is 1. The third-order valence-electron chi connectivity index (χ3n) is 2.81. The number of benzene rings is 1. The molecule has 0 spiro atoms. The van der Waals surface area contributed by atoms with Crippen LogP contribution in [-0.4, -0.2) is 27.3 Å². The Bertz CT molecular complexity index is 537. The molecule has 1 heterocycles. The van der Waals surface area contributed by atoms with Crippen molar-refractivity contribution in [2.24, 2.45) is 7.05 Å². The highest BCUT2D eigenvalue weighted by Gasteiger charge is 2.16. The van der Waals surface area contributed by atoms with E-state index in [-0.39, 0.29) is 6.04 Å². The van der Waals surface area contributed by atoms with E-state index in [2.05, 4.69) is 61.8 Å². The molecule has 1 atom stereocenters. The Balaban J connectivity index is 2.25. The van der Waals surface area contributed by atoms with Gasteiger partial charge in [0.1, 0.15) is 0 Å². The lowest BCUT2D eigenvalue weighted by Gasteiger charge is -2.17. The van der Waals surface area contributed by atoms with Crippen LogP contribution in [0, 0.1) is 6.92 Å². The molecule has 0 saturated heterocycles. The Morgan fingerprint density at radius 3 is 2.83 bits per heavy atom. The summed E-state index contributed by atoms with van der Waals surface area (Å²) in [6.45, 7) is 2.09. The van der Waals surface area contributed by atoms with E-state index in [0.29, 0.717) is 6.42 Å². The van der Waals surface area contributed by atoms with E-state index < -0.39 is 0 Å². The molecule has 0 aliphatic rings. The monoisotopic (exact) mass is 309 g/mol. The first-order valence-corrected chi connectivity index (χ1v) is 6.55. The third-order valence-corrected chi connectivity index (χ3v) is 3.53. The van der Waals surface area contributed by atoms with Gasteiger partial charge >= 0.3 is 0 Å². The van der Waals surface area contributed by atoms with Crippen LogP contribution in [0.2, 0.25) is 0 Å². The molecule has 18 heavy (non-hydrogen) atoms. The number of rotatable bonds is 4. The van der Waals surface area contributed by atoms with Gasteiger partial charge in [0.2, 0.25) is 0 Å². The molecule has 0 saturated carbocycles. The largest absolute Gasteiger partial charge is 0.313 e. The van der Waals surface area contributed by atoms with Crippen LogP contribution in [0.25, 0.3) is 0 Å². The highest BCUT2D eigenvalue weighted by Crippen LogP contribution is 2.26. The molecule has 0 aliphatic heterocycles. The van der Waals surface area contributed by atoms with E-state index in [4.69, 9.17) is 0 Å². The van der Waals surface area contributed by atoms with E-state index in [9.17, 15) is 0 Å². The van der Waals surface area contributed by atoms with E-state index in [1.807, 2.05) is 7.05 Å². The van der Waals surface area contributed by atoms with Crippen LogP contribution in [0.15, 0.2) is 22.7 Å². The lowest BCUT2D eigenvalue weighted by Crippen LogP contribution is -2.20. The minimum absolute atomic E-state index is 0.170. The molecule has 1 N–H and O–H groups in total. The van der Waals surface area contributed by atoms with E-state index in [1.54, 1.807) is 7.05 Å². The minimum Gasteiger partial charge on any atom is -0.313 e. The SMILES string of the molecule is CNC(Cc1nnn(C)n1)c1cc(C)ccc1Br. The summed E-state index contributed by atoms with van der Waals surface area (Å²) >= 11 is 3.59. The Morgan fingerprint density at radius 1 is 1.44 bits per heavy atom. The molecule has 2 rings (SSSR count). The number of tetrazole rings is 1. The van der Waals surface area contributed by atoms with Gasteiger partial charge in [-0.1, -0.05) is 33.6 Å².